The normalized spacial score (nSPS) is 11.4. The van der Waals surface area contributed by atoms with Crippen LogP contribution in [0, 0.1) is 13.8 Å². The van der Waals surface area contributed by atoms with Gasteiger partial charge in [0.15, 0.2) is 5.82 Å². The molecule has 20 heavy (non-hydrogen) atoms. The molecule has 0 aliphatic carbocycles. The van der Waals surface area contributed by atoms with Gasteiger partial charge in [0.2, 0.25) is 0 Å². The lowest BCUT2D eigenvalue weighted by atomic mass is 10.1. The van der Waals surface area contributed by atoms with Crippen molar-refractivity contribution in [2.24, 2.45) is 0 Å². The third-order valence-electron chi connectivity index (χ3n) is 3.03. The number of anilines is 3. The average Bonchev–Trinajstić information content (AvgIpc) is 2.36. The molecule has 106 valence electrons. The van der Waals surface area contributed by atoms with Crippen molar-refractivity contribution in [2.45, 2.75) is 20.0 Å². The Kier molecular flexibility index (Phi) is 3.57. The lowest BCUT2D eigenvalue weighted by molar-refractivity contribution is -0.137. The molecule has 0 unspecified atom stereocenters. The van der Waals surface area contributed by atoms with E-state index in [0.29, 0.717) is 22.8 Å². The summed E-state index contributed by atoms with van der Waals surface area (Å²) in [5.41, 5.74) is 7.40. The van der Waals surface area contributed by atoms with E-state index >= 15 is 0 Å². The highest BCUT2D eigenvalue weighted by Gasteiger charge is 2.30. The molecule has 3 nitrogen and oxygen atoms in total. The Hall–Kier alpha value is -2.24. The number of hydrogen-bond acceptors (Lipinski definition) is 3. The molecular weight excluding hydrogens is 267 g/mol. The van der Waals surface area contributed by atoms with Crippen LogP contribution in [0.3, 0.4) is 0 Å². The predicted molar refractivity (Wildman–Crippen MR) is 72.9 cm³/mol. The molecule has 0 spiro atoms. The number of nitrogen functional groups attached to an aromatic ring is 1. The number of nitrogens with zero attached hydrogens (tertiary/aromatic N) is 1. The van der Waals surface area contributed by atoms with Crippen molar-refractivity contribution in [3.8, 4) is 0 Å². The molecular formula is C14H14F3N3. The van der Waals surface area contributed by atoms with E-state index in [1.54, 1.807) is 26.1 Å². The lowest BCUT2D eigenvalue weighted by Crippen LogP contribution is -2.07. The molecule has 2 aromatic rings. The van der Waals surface area contributed by atoms with Crippen molar-refractivity contribution in [2.75, 3.05) is 11.1 Å². The minimum Gasteiger partial charge on any atom is -0.396 e. The molecule has 0 saturated carbocycles. The van der Waals surface area contributed by atoms with E-state index in [1.165, 1.54) is 6.07 Å². The average molecular weight is 281 g/mol. The number of nitrogens with two attached hydrogens (primary N) is 1. The first kappa shape index (κ1) is 14.2. The fourth-order valence-corrected chi connectivity index (χ4v) is 1.73. The van der Waals surface area contributed by atoms with Gasteiger partial charge >= 0.3 is 6.18 Å². The first-order valence-corrected chi connectivity index (χ1v) is 5.95. The summed E-state index contributed by atoms with van der Waals surface area (Å²) in [6, 6.07) is 5.25. The van der Waals surface area contributed by atoms with Crippen LogP contribution in [0.15, 0.2) is 30.5 Å². The molecule has 0 atom stereocenters. The summed E-state index contributed by atoms with van der Waals surface area (Å²) < 4.78 is 38.1. The van der Waals surface area contributed by atoms with Crippen LogP contribution in [0.25, 0.3) is 0 Å². The third kappa shape index (κ3) is 2.84. The van der Waals surface area contributed by atoms with Gasteiger partial charge in [-0.15, -0.1) is 0 Å². The summed E-state index contributed by atoms with van der Waals surface area (Å²) in [7, 11) is 0. The molecule has 0 bridgehead atoms. The van der Waals surface area contributed by atoms with E-state index < -0.39 is 11.7 Å². The maximum absolute atomic E-state index is 12.7. The zero-order valence-corrected chi connectivity index (χ0v) is 11.0. The van der Waals surface area contributed by atoms with Gasteiger partial charge in [-0.1, -0.05) is 6.07 Å². The Morgan fingerprint density at radius 2 is 1.80 bits per heavy atom. The second-order valence-electron chi connectivity index (χ2n) is 4.54. The standard InChI is InChI=1S/C14H14F3N3/c1-8-3-4-10(14(15,16)17)7-11(8)20-13-12(18)9(2)5-6-19-13/h3-7H,18H2,1-2H3,(H,19,20). The highest BCUT2D eigenvalue weighted by atomic mass is 19.4. The van der Waals surface area contributed by atoms with Gasteiger partial charge in [-0.2, -0.15) is 13.2 Å². The molecule has 0 amide bonds. The zero-order chi connectivity index (χ0) is 14.9. The van der Waals surface area contributed by atoms with Crippen LogP contribution in [0.5, 0.6) is 0 Å². The van der Waals surface area contributed by atoms with Crippen molar-refractivity contribution in [3.05, 3.63) is 47.2 Å². The first-order chi connectivity index (χ1) is 9.29. The molecule has 3 N–H and O–H groups in total. The fraction of sp³-hybridized carbons (Fsp3) is 0.214. The molecule has 0 radical (unpaired) electrons. The maximum Gasteiger partial charge on any atom is 0.416 e. The number of hydrogen-bond donors (Lipinski definition) is 2. The number of aryl methyl sites for hydroxylation is 2. The minimum atomic E-state index is -4.38. The largest absolute Gasteiger partial charge is 0.416 e. The molecule has 2 rings (SSSR count). The van der Waals surface area contributed by atoms with Gasteiger partial charge in [0, 0.05) is 11.9 Å². The number of rotatable bonds is 2. The SMILES string of the molecule is Cc1ccc(C(F)(F)F)cc1Nc1nccc(C)c1N. The van der Waals surface area contributed by atoms with E-state index in [-0.39, 0.29) is 0 Å². The summed E-state index contributed by atoms with van der Waals surface area (Å²) in [5.74, 6) is 0.354. The topological polar surface area (TPSA) is 50.9 Å². The number of aromatic nitrogens is 1. The second-order valence-corrected chi connectivity index (χ2v) is 4.54. The third-order valence-corrected chi connectivity index (χ3v) is 3.03. The first-order valence-electron chi connectivity index (χ1n) is 5.95. The highest BCUT2D eigenvalue weighted by Crippen LogP contribution is 2.33. The van der Waals surface area contributed by atoms with Crippen LogP contribution in [0.2, 0.25) is 0 Å². The summed E-state index contributed by atoms with van der Waals surface area (Å²) in [4.78, 5) is 4.05. The van der Waals surface area contributed by atoms with Crippen LogP contribution in [0.1, 0.15) is 16.7 Å². The molecule has 0 fully saturated rings. The smallest absolute Gasteiger partial charge is 0.396 e. The van der Waals surface area contributed by atoms with Gasteiger partial charge in [0.1, 0.15) is 0 Å². The van der Waals surface area contributed by atoms with Gasteiger partial charge in [0.05, 0.1) is 11.3 Å². The molecule has 6 heteroatoms. The van der Waals surface area contributed by atoms with E-state index in [4.69, 9.17) is 5.73 Å². The van der Waals surface area contributed by atoms with Crippen LogP contribution >= 0.6 is 0 Å². The van der Waals surface area contributed by atoms with E-state index in [2.05, 4.69) is 10.3 Å². The molecule has 0 saturated heterocycles. The Bertz CT molecular complexity index is 636. The summed E-state index contributed by atoms with van der Waals surface area (Å²) in [6.07, 6.45) is -2.83. The molecule has 1 aromatic heterocycles. The maximum atomic E-state index is 12.7. The Morgan fingerprint density at radius 3 is 2.45 bits per heavy atom. The van der Waals surface area contributed by atoms with Gasteiger partial charge < -0.3 is 11.1 Å². The van der Waals surface area contributed by atoms with Gasteiger partial charge in [-0.3, -0.25) is 0 Å². The summed E-state index contributed by atoms with van der Waals surface area (Å²) in [6.45, 7) is 3.52. The molecule has 1 heterocycles. The molecule has 0 aliphatic rings. The van der Waals surface area contributed by atoms with Crippen molar-refractivity contribution < 1.29 is 13.2 Å². The van der Waals surface area contributed by atoms with Crippen LogP contribution < -0.4 is 11.1 Å². The lowest BCUT2D eigenvalue weighted by Gasteiger charge is -2.14. The number of pyridine rings is 1. The monoisotopic (exact) mass is 281 g/mol. The Morgan fingerprint density at radius 1 is 1.10 bits per heavy atom. The molecule has 0 aliphatic heterocycles. The minimum absolute atomic E-state index is 0.338. The van der Waals surface area contributed by atoms with Crippen LogP contribution in [-0.4, -0.2) is 4.98 Å². The van der Waals surface area contributed by atoms with E-state index in [0.717, 1.165) is 17.7 Å². The quantitative estimate of drug-likeness (QED) is 0.873. The summed E-state index contributed by atoms with van der Waals surface area (Å²) in [5, 5.41) is 2.86. The Balaban J connectivity index is 2.41. The number of nitrogens with one attached hydrogen (secondary N) is 1. The fourth-order valence-electron chi connectivity index (χ4n) is 1.73. The second kappa shape index (κ2) is 5.03. The van der Waals surface area contributed by atoms with Crippen molar-refractivity contribution in [1.82, 2.24) is 4.98 Å². The van der Waals surface area contributed by atoms with Crippen LogP contribution in [-0.2, 0) is 6.18 Å². The number of halogens is 3. The van der Waals surface area contributed by atoms with E-state index in [9.17, 15) is 13.2 Å². The molecule has 1 aromatic carbocycles. The summed E-state index contributed by atoms with van der Waals surface area (Å²) >= 11 is 0. The van der Waals surface area contributed by atoms with Crippen molar-refractivity contribution in [3.63, 3.8) is 0 Å². The van der Waals surface area contributed by atoms with E-state index in [1.807, 2.05) is 0 Å². The highest BCUT2D eigenvalue weighted by molar-refractivity contribution is 5.72. The predicted octanol–water partition coefficient (Wildman–Crippen LogP) is 4.04. The van der Waals surface area contributed by atoms with Crippen LogP contribution in [0.4, 0.5) is 30.4 Å². The van der Waals surface area contributed by atoms with Gasteiger partial charge in [0.25, 0.3) is 0 Å². The van der Waals surface area contributed by atoms with Gasteiger partial charge in [-0.05, 0) is 43.2 Å². The van der Waals surface area contributed by atoms with Crippen molar-refractivity contribution in [1.29, 1.82) is 0 Å². The zero-order valence-electron chi connectivity index (χ0n) is 11.0. The van der Waals surface area contributed by atoms with Gasteiger partial charge in [-0.25, -0.2) is 4.98 Å². The van der Waals surface area contributed by atoms with Crippen molar-refractivity contribution >= 4 is 17.2 Å². The Labute approximate surface area is 114 Å². The number of benzene rings is 1. The number of alkyl halides is 3.